The first-order valence-corrected chi connectivity index (χ1v) is 9.40. The van der Waals surface area contributed by atoms with Gasteiger partial charge in [0, 0.05) is 18.2 Å². The highest BCUT2D eigenvalue weighted by Gasteiger charge is 2.25. The van der Waals surface area contributed by atoms with Crippen molar-refractivity contribution in [3.63, 3.8) is 0 Å². The fourth-order valence-electron chi connectivity index (χ4n) is 2.89. The molecule has 22 heavy (non-hydrogen) atoms. The molecular formula is C18H27NO2S. The van der Waals surface area contributed by atoms with Gasteiger partial charge >= 0.3 is 0 Å². The highest BCUT2D eigenvalue weighted by molar-refractivity contribution is 7.98. The van der Waals surface area contributed by atoms with Crippen molar-refractivity contribution in [1.29, 1.82) is 0 Å². The number of carbonyl (C=O) groups excluding carboxylic acids is 1. The molecule has 1 aliphatic carbocycles. The van der Waals surface area contributed by atoms with Gasteiger partial charge in [-0.15, -0.1) is 0 Å². The van der Waals surface area contributed by atoms with Crippen LogP contribution in [-0.2, 0) is 10.5 Å². The van der Waals surface area contributed by atoms with Gasteiger partial charge < -0.3 is 10.4 Å². The van der Waals surface area contributed by atoms with Crippen LogP contribution in [0.5, 0.6) is 0 Å². The second-order valence-corrected chi connectivity index (χ2v) is 7.25. The second kappa shape index (κ2) is 9.21. The number of aryl methyl sites for hydroxylation is 1. The smallest absolute Gasteiger partial charge is 0.223 e. The Kier molecular flexibility index (Phi) is 7.26. The number of carbonyl (C=O) groups is 1. The van der Waals surface area contributed by atoms with Gasteiger partial charge in [0.1, 0.15) is 0 Å². The van der Waals surface area contributed by atoms with E-state index in [0.29, 0.717) is 6.42 Å². The van der Waals surface area contributed by atoms with E-state index in [0.717, 1.165) is 43.7 Å². The van der Waals surface area contributed by atoms with Crippen LogP contribution in [0.2, 0.25) is 0 Å². The highest BCUT2D eigenvalue weighted by Crippen LogP contribution is 2.24. The number of rotatable bonds is 7. The maximum Gasteiger partial charge on any atom is 0.223 e. The zero-order valence-electron chi connectivity index (χ0n) is 13.4. The fourth-order valence-corrected chi connectivity index (χ4v) is 3.92. The van der Waals surface area contributed by atoms with Crippen LogP contribution < -0.4 is 5.32 Å². The summed E-state index contributed by atoms with van der Waals surface area (Å²) >= 11 is 1.92. The van der Waals surface area contributed by atoms with Gasteiger partial charge in [0.15, 0.2) is 0 Å². The molecule has 2 N–H and O–H groups in total. The van der Waals surface area contributed by atoms with Crippen molar-refractivity contribution >= 4 is 17.7 Å². The minimum atomic E-state index is -0.283. The third-order valence-corrected chi connectivity index (χ3v) is 5.39. The average Bonchev–Trinajstić information content (AvgIpc) is 2.52. The van der Waals surface area contributed by atoms with E-state index in [-0.39, 0.29) is 17.9 Å². The Balaban J connectivity index is 1.55. The Morgan fingerprint density at radius 2 is 2.18 bits per heavy atom. The molecule has 0 aliphatic heterocycles. The van der Waals surface area contributed by atoms with E-state index in [2.05, 4.69) is 36.5 Å². The molecule has 0 unspecified atom stereocenters. The monoisotopic (exact) mass is 321 g/mol. The Hall–Kier alpha value is -1.00. The molecule has 122 valence electrons. The average molecular weight is 321 g/mol. The topological polar surface area (TPSA) is 49.3 Å². The quantitative estimate of drug-likeness (QED) is 0.758. The maximum absolute atomic E-state index is 12.0. The van der Waals surface area contributed by atoms with E-state index in [1.807, 2.05) is 11.8 Å². The molecule has 1 saturated carbocycles. The van der Waals surface area contributed by atoms with Crippen LogP contribution in [0.4, 0.5) is 0 Å². The molecule has 2 atom stereocenters. The lowest BCUT2D eigenvalue weighted by atomic mass is 9.87. The number of thioether (sulfide) groups is 1. The largest absolute Gasteiger partial charge is 0.393 e. The lowest BCUT2D eigenvalue weighted by Gasteiger charge is -2.24. The summed E-state index contributed by atoms with van der Waals surface area (Å²) in [6.07, 6.45) is 4.08. The molecule has 4 heteroatoms. The van der Waals surface area contributed by atoms with Crippen molar-refractivity contribution in [2.24, 2.45) is 5.92 Å². The van der Waals surface area contributed by atoms with Crippen LogP contribution in [-0.4, -0.2) is 29.4 Å². The van der Waals surface area contributed by atoms with Crippen molar-refractivity contribution in [2.75, 3.05) is 12.3 Å². The predicted molar refractivity (Wildman–Crippen MR) is 92.9 cm³/mol. The van der Waals surface area contributed by atoms with Crippen LogP contribution >= 0.6 is 11.8 Å². The Morgan fingerprint density at radius 1 is 1.36 bits per heavy atom. The van der Waals surface area contributed by atoms with Gasteiger partial charge in [-0.3, -0.25) is 4.79 Å². The van der Waals surface area contributed by atoms with Crippen LogP contribution in [0, 0.1) is 12.8 Å². The first kappa shape index (κ1) is 17.4. The number of amides is 1. The molecule has 0 radical (unpaired) electrons. The molecule has 0 aromatic heterocycles. The normalized spacial score (nSPS) is 21.5. The van der Waals surface area contributed by atoms with Gasteiger partial charge in [-0.1, -0.05) is 30.7 Å². The molecule has 1 fully saturated rings. The zero-order chi connectivity index (χ0) is 15.8. The van der Waals surface area contributed by atoms with Crippen LogP contribution in [0.3, 0.4) is 0 Å². The van der Waals surface area contributed by atoms with E-state index < -0.39 is 0 Å². The minimum Gasteiger partial charge on any atom is -0.393 e. The van der Waals surface area contributed by atoms with Crippen molar-refractivity contribution in [3.05, 3.63) is 35.4 Å². The second-order valence-electron chi connectivity index (χ2n) is 6.14. The van der Waals surface area contributed by atoms with Gasteiger partial charge in [-0.25, -0.2) is 0 Å². The summed E-state index contributed by atoms with van der Waals surface area (Å²) in [5.41, 5.74) is 2.74. The van der Waals surface area contributed by atoms with Crippen LogP contribution in [0.15, 0.2) is 24.3 Å². The van der Waals surface area contributed by atoms with E-state index in [9.17, 15) is 9.90 Å². The molecule has 0 bridgehead atoms. The summed E-state index contributed by atoms with van der Waals surface area (Å²) in [5.74, 6) is 2.24. The fraction of sp³-hybridized carbons (Fsp3) is 0.611. The van der Waals surface area contributed by atoms with Crippen molar-refractivity contribution in [1.82, 2.24) is 5.32 Å². The molecular weight excluding hydrogens is 294 g/mol. The lowest BCUT2D eigenvalue weighted by Crippen LogP contribution is -2.35. The summed E-state index contributed by atoms with van der Waals surface area (Å²) in [4.78, 5) is 12.0. The van der Waals surface area contributed by atoms with Gasteiger partial charge in [0.25, 0.3) is 0 Å². The van der Waals surface area contributed by atoms with E-state index in [1.165, 1.54) is 11.1 Å². The van der Waals surface area contributed by atoms with Crippen LogP contribution in [0.1, 0.15) is 43.2 Å². The Bertz CT molecular complexity index is 478. The molecule has 1 aromatic rings. The number of hydrogen-bond acceptors (Lipinski definition) is 3. The first-order valence-electron chi connectivity index (χ1n) is 8.25. The summed E-state index contributed by atoms with van der Waals surface area (Å²) in [6, 6.07) is 8.48. The lowest BCUT2D eigenvalue weighted by molar-refractivity contribution is -0.127. The highest BCUT2D eigenvalue weighted by atomic mass is 32.2. The molecule has 1 aliphatic rings. The van der Waals surface area contributed by atoms with Crippen molar-refractivity contribution in [3.8, 4) is 0 Å². The molecule has 3 nitrogen and oxygen atoms in total. The summed E-state index contributed by atoms with van der Waals surface area (Å²) in [6.45, 7) is 2.89. The van der Waals surface area contributed by atoms with Gasteiger partial charge in [0.2, 0.25) is 5.91 Å². The number of nitrogens with one attached hydrogen (secondary N) is 1. The van der Waals surface area contributed by atoms with Gasteiger partial charge in [0.05, 0.1) is 6.10 Å². The van der Waals surface area contributed by atoms with E-state index >= 15 is 0 Å². The standard InChI is InChI=1S/C18H27NO2S/c1-14-6-2-3-7-16(14)13-22-11-5-10-19-18(21)15-8-4-9-17(20)12-15/h2-3,6-7,15,17,20H,4-5,8-13H2,1H3,(H,19,21)/t15-,17+/m1/s1. The maximum atomic E-state index is 12.0. The third-order valence-electron chi connectivity index (χ3n) is 4.30. The van der Waals surface area contributed by atoms with E-state index in [1.54, 1.807) is 0 Å². The number of aliphatic hydroxyl groups is 1. The molecule has 1 amide bonds. The Labute approximate surface area is 137 Å². The SMILES string of the molecule is Cc1ccccc1CSCCCNC(=O)[C@@H]1CCC[C@H](O)C1. The zero-order valence-corrected chi connectivity index (χ0v) is 14.2. The molecule has 2 rings (SSSR count). The summed E-state index contributed by atoms with van der Waals surface area (Å²) in [7, 11) is 0. The Morgan fingerprint density at radius 3 is 2.95 bits per heavy atom. The number of aliphatic hydroxyl groups excluding tert-OH is 1. The number of hydrogen-bond donors (Lipinski definition) is 2. The third kappa shape index (κ3) is 5.65. The summed E-state index contributed by atoms with van der Waals surface area (Å²) < 4.78 is 0. The van der Waals surface area contributed by atoms with E-state index in [4.69, 9.17) is 0 Å². The predicted octanol–water partition coefficient (Wildman–Crippen LogP) is 3.29. The summed E-state index contributed by atoms with van der Waals surface area (Å²) in [5, 5.41) is 12.6. The molecule has 1 aromatic carbocycles. The molecule has 0 spiro atoms. The number of benzene rings is 1. The minimum absolute atomic E-state index is 0.0170. The molecule has 0 heterocycles. The van der Waals surface area contributed by atoms with Crippen LogP contribution in [0.25, 0.3) is 0 Å². The van der Waals surface area contributed by atoms with Gasteiger partial charge in [-0.05, 0) is 49.5 Å². The first-order chi connectivity index (χ1) is 10.7. The van der Waals surface area contributed by atoms with Crippen molar-refractivity contribution in [2.45, 2.75) is 50.9 Å². The molecule has 0 saturated heterocycles. The van der Waals surface area contributed by atoms with Crippen molar-refractivity contribution < 1.29 is 9.90 Å². The van der Waals surface area contributed by atoms with Gasteiger partial charge in [-0.2, -0.15) is 11.8 Å².